The molecule has 2 aliphatic heterocycles. The van der Waals surface area contributed by atoms with Crippen LogP contribution in [0.5, 0.6) is 0 Å². The number of amides is 4. The number of benzene rings is 2. The van der Waals surface area contributed by atoms with Gasteiger partial charge in [0.2, 0.25) is 0 Å². The Bertz CT molecular complexity index is 1040. The molecule has 2 aromatic carbocycles. The molecule has 182 valence electrons. The molecular formula is C25H32FN5O2S. The number of urea groups is 2. The molecule has 0 spiro atoms. The Morgan fingerprint density at radius 2 is 1.68 bits per heavy atom. The molecule has 0 atom stereocenters. The molecule has 2 aliphatic rings. The highest BCUT2D eigenvalue weighted by atomic mass is 32.2. The summed E-state index contributed by atoms with van der Waals surface area (Å²) >= 11 is 1.26. The summed E-state index contributed by atoms with van der Waals surface area (Å²) in [5.74, 6) is -0.283. The van der Waals surface area contributed by atoms with E-state index in [4.69, 9.17) is 0 Å². The van der Waals surface area contributed by atoms with E-state index in [1.54, 1.807) is 15.9 Å². The molecule has 0 saturated carbocycles. The summed E-state index contributed by atoms with van der Waals surface area (Å²) in [7, 11) is 3.74. The Hall–Kier alpha value is -3.04. The zero-order valence-corrected chi connectivity index (χ0v) is 20.9. The lowest BCUT2D eigenvalue weighted by molar-refractivity contribution is 0.209. The molecule has 2 heterocycles. The van der Waals surface area contributed by atoms with Crippen LogP contribution < -0.4 is 10.0 Å². The standard InChI is InChI=1S/C23H26FN5O2S.C2H6/c1-27(2)32-26-23(31)28-11-9-17(10-12-28)16-4-7-21(8-5-16)25-22(30)29-14-18-3-6-20(24)13-19(18)15-29;1-2/h3-9,13H,10-12,14-15H2,1-2H3,(H,25,30)(H,26,31);1-2H3. The van der Waals surface area contributed by atoms with Crippen molar-refractivity contribution in [3.63, 3.8) is 0 Å². The minimum absolute atomic E-state index is 0.0936. The van der Waals surface area contributed by atoms with Gasteiger partial charge in [0, 0.05) is 44.0 Å². The van der Waals surface area contributed by atoms with Crippen LogP contribution in [0.15, 0.2) is 48.5 Å². The van der Waals surface area contributed by atoms with E-state index in [9.17, 15) is 14.0 Å². The largest absolute Gasteiger partial charge is 0.328 e. The number of rotatable bonds is 4. The van der Waals surface area contributed by atoms with Crippen molar-refractivity contribution < 1.29 is 14.0 Å². The summed E-state index contributed by atoms with van der Waals surface area (Å²) in [4.78, 5) is 28.2. The fraction of sp³-hybridized carbons (Fsp3) is 0.360. The lowest BCUT2D eigenvalue weighted by Gasteiger charge is -2.27. The first-order valence-electron chi connectivity index (χ1n) is 11.4. The Morgan fingerprint density at radius 1 is 0.971 bits per heavy atom. The number of carbonyl (C=O) groups excluding carboxylic acids is 2. The van der Waals surface area contributed by atoms with E-state index < -0.39 is 0 Å². The third-order valence-electron chi connectivity index (χ3n) is 5.50. The Kier molecular flexibility index (Phi) is 8.95. The zero-order chi connectivity index (χ0) is 24.7. The third-order valence-corrected chi connectivity index (χ3v) is 6.13. The lowest BCUT2D eigenvalue weighted by Crippen LogP contribution is -2.40. The van der Waals surface area contributed by atoms with E-state index in [0.29, 0.717) is 31.9 Å². The van der Waals surface area contributed by atoms with Crippen molar-refractivity contribution in [2.75, 3.05) is 32.5 Å². The number of hydrogen-bond acceptors (Lipinski definition) is 4. The molecule has 2 N–H and O–H groups in total. The first kappa shape index (κ1) is 25.6. The quantitative estimate of drug-likeness (QED) is 0.575. The van der Waals surface area contributed by atoms with Crippen LogP contribution >= 0.6 is 12.1 Å². The molecule has 0 radical (unpaired) electrons. The Morgan fingerprint density at radius 3 is 2.32 bits per heavy atom. The highest BCUT2D eigenvalue weighted by Crippen LogP contribution is 2.26. The topological polar surface area (TPSA) is 67.9 Å². The first-order chi connectivity index (χ1) is 16.4. The van der Waals surface area contributed by atoms with Crippen molar-refractivity contribution in [1.29, 1.82) is 0 Å². The van der Waals surface area contributed by atoms with Gasteiger partial charge < -0.3 is 15.1 Å². The number of nitrogens with zero attached hydrogens (tertiary/aromatic N) is 3. The highest BCUT2D eigenvalue weighted by Gasteiger charge is 2.24. The fourth-order valence-electron chi connectivity index (χ4n) is 3.79. The van der Waals surface area contributed by atoms with Crippen LogP contribution in [0.2, 0.25) is 0 Å². The molecule has 0 fully saturated rings. The molecule has 0 saturated heterocycles. The SMILES string of the molecule is CC.CN(C)SNC(=O)N1CC=C(c2ccc(NC(=O)N3Cc4ccc(F)cc4C3)cc2)CC1. The number of anilines is 1. The molecule has 34 heavy (non-hydrogen) atoms. The van der Waals surface area contributed by atoms with E-state index >= 15 is 0 Å². The number of halogens is 1. The molecule has 4 amide bonds. The maximum absolute atomic E-state index is 13.4. The average Bonchev–Trinajstić information content (AvgIpc) is 3.28. The van der Waals surface area contributed by atoms with Gasteiger partial charge in [0.15, 0.2) is 0 Å². The summed E-state index contributed by atoms with van der Waals surface area (Å²) < 4.78 is 18.0. The number of nitrogens with one attached hydrogen (secondary N) is 2. The smallest absolute Gasteiger partial charge is 0.320 e. The summed E-state index contributed by atoms with van der Waals surface area (Å²) in [6.45, 7) is 6.09. The van der Waals surface area contributed by atoms with Gasteiger partial charge in [-0.05, 0) is 67.0 Å². The zero-order valence-electron chi connectivity index (χ0n) is 20.1. The Labute approximate surface area is 205 Å². The van der Waals surface area contributed by atoms with Gasteiger partial charge in [-0.3, -0.25) is 4.72 Å². The molecular weight excluding hydrogens is 453 g/mol. The van der Waals surface area contributed by atoms with E-state index in [-0.39, 0.29) is 17.9 Å². The van der Waals surface area contributed by atoms with Crippen molar-refractivity contribution in [1.82, 2.24) is 18.8 Å². The third kappa shape index (κ3) is 6.51. The molecule has 2 aromatic rings. The second kappa shape index (κ2) is 11.9. The van der Waals surface area contributed by atoms with Gasteiger partial charge in [-0.15, -0.1) is 0 Å². The van der Waals surface area contributed by atoms with Crippen molar-refractivity contribution in [2.24, 2.45) is 0 Å². The van der Waals surface area contributed by atoms with E-state index in [1.165, 1.54) is 29.8 Å². The van der Waals surface area contributed by atoms with Gasteiger partial charge in [-0.2, -0.15) is 0 Å². The maximum Gasteiger partial charge on any atom is 0.328 e. The van der Waals surface area contributed by atoms with Gasteiger partial charge in [0.1, 0.15) is 5.82 Å². The minimum atomic E-state index is -0.283. The van der Waals surface area contributed by atoms with E-state index in [2.05, 4.69) is 16.1 Å². The van der Waals surface area contributed by atoms with Crippen LogP contribution in [0.3, 0.4) is 0 Å². The first-order valence-corrected chi connectivity index (χ1v) is 12.2. The van der Waals surface area contributed by atoms with Crippen molar-refractivity contribution in [2.45, 2.75) is 33.4 Å². The van der Waals surface area contributed by atoms with Crippen LogP contribution in [-0.2, 0) is 13.1 Å². The van der Waals surface area contributed by atoms with E-state index in [1.807, 2.05) is 56.5 Å². The number of fused-ring (bicyclic) bond motifs is 1. The van der Waals surface area contributed by atoms with E-state index in [0.717, 1.165) is 23.1 Å². The second-order valence-electron chi connectivity index (χ2n) is 8.01. The highest BCUT2D eigenvalue weighted by molar-refractivity contribution is 7.95. The molecule has 0 unspecified atom stereocenters. The van der Waals surface area contributed by atoms with Crippen LogP contribution in [0.25, 0.3) is 5.57 Å². The van der Waals surface area contributed by atoms with Crippen LogP contribution in [0, 0.1) is 5.82 Å². The molecule has 4 rings (SSSR count). The summed E-state index contributed by atoms with van der Waals surface area (Å²) in [5, 5.41) is 2.91. The van der Waals surface area contributed by atoms with Crippen molar-refractivity contribution in [3.8, 4) is 0 Å². The lowest BCUT2D eigenvalue weighted by atomic mass is 9.99. The molecule has 9 heteroatoms. The molecule has 7 nitrogen and oxygen atoms in total. The molecule has 0 aliphatic carbocycles. The molecule has 0 bridgehead atoms. The number of hydrogen-bond donors (Lipinski definition) is 2. The van der Waals surface area contributed by atoms with Crippen LogP contribution in [0.4, 0.5) is 19.7 Å². The summed E-state index contributed by atoms with van der Waals surface area (Å²) in [6, 6.07) is 12.1. The predicted octanol–water partition coefficient (Wildman–Crippen LogP) is 5.32. The van der Waals surface area contributed by atoms with Crippen molar-refractivity contribution >= 4 is 35.5 Å². The Balaban J connectivity index is 0.00000158. The molecule has 0 aromatic heterocycles. The summed E-state index contributed by atoms with van der Waals surface area (Å²) in [5.41, 5.74) is 4.80. The van der Waals surface area contributed by atoms with Gasteiger partial charge in [-0.25, -0.2) is 18.3 Å². The van der Waals surface area contributed by atoms with Gasteiger partial charge in [0.25, 0.3) is 0 Å². The average molecular weight is 486 g/mol. The summed E-state index contributed by atoms with van der Waals surface area (Å²) in [6.07, 6.45) is 2.84. The van der Waals surface area contributed by atoms with Crippen LogP contribution in [0.1, 0.15) is 37.0 Å². The fourth-order valence-corrected chi connectivity index (χ4v) is 4.18. The maximum atomic E-state index is 13.4. The van der Waals surface area contributed by atoms with Gasteiger partial charge in [-0.1, -0.05) is 38.1 Å². The normalized spacial score (nSPS) is 14.7. The van der Waals surface area contributed by atoms with Gasteiger partial charge in [0.05, 0.1) is 0 Å². The van der Waals surface area contributed by atoms with Gasteiger partial charge >= 0.3 is 12.1 Å². The van der Waals surface area contributed by atoms with Crippen molar-refractivity contribution in [3.05, 3.63) is 71.0 Å². The predicted molar refractivity (Wildman–Crippen MR) is 136 cm³/mol. The minimum Gasteiger partial charge on any atom is -0.320 e. The number of carbonyl (C=O) groups is 2. The van der Waals surface area contributed by atoms with Crippen LogP contribution in [-0.4, -0.2) is 53.4 Å². The monoisotopic (exact) mass is 485 g/mol. The second-order valence-corrected chi connectivity index (χ2v) is 9.13.